The van der Waals surface area contributed by atoms with Crippen LogP contribution >= 0.6 is 11.6 Å². The standard InChI is InChI=1S/C21H17ClN2O3/c22-16-6-9-18(10-7-16)27-21-13-8-17(14-23-21)24-20(26)12-11-19(25)15-4-2-1-3-5-15/h1-10,13-14H,11-12H2,(H,24,26). The number of carbonyl (C=O) groups excluding carboxylic acids is 2. The molecule has 27 heavy (non-hydrogen) atoms. The minimum atomic E-state index is -0.243. The predicted molar refractivity (Wildman–Crippen MR) is 104 cm³/mol. The van der Waals surface area contributed by atoms with Gasteiger partial charge in [0.2, 0.25) is 11.8 Å². The molecule has 0 unspecified atom stereocenters. The number of nitrogens with one attached hydrogen (secondary N) is 1. The van der Waals surface area contributed by atoms with Crippen molar-refractivity contribution in [2.24, 2.45) is 0 Å². The fourth-order valence-corrected chi connectivity index (χ4v) is 2.48. The number of ketones is 1. The number of carbonyl (C=O) groups is 2. The highest BCUT2D eigenvalue weighted by molar-refractivity contribution is 6.30. The number of ether oxygens (including phenoxy) is 1. The summed E-state index contributed by atoms with van der Waals surface area (Å²) in [5.41, 5.74) is 1.14. The van der Waals surface area contributed by atoms with E-state index in [0.717, 1.165) is 0 Å². The average molecular weight is 381 g/mol. The summed E-state index contributed by atoms with van der Waals surface area (Å²) in [7, 11) is 0. The van der Waals surface area contributed by atoms with Crippen LogP contribution in [0.4, 0.5) is 5.69 Å². The summed E-state index contributed by atoms with van der Waals surface area (Å²) < 4.78 is 5.59. The molecule has 2 aromatic carbocycles. The number of halogens is 1. The van der Waals surface area contributed by atoms with Crippen LogP contribution in [0.25, 0.3) is 0 Å². The summed E-state index contributed by atoms with van der Waals surface area (Å²) in [6, 6.07) is 19.2. The van der Waals surface area contributed by atoms with E-state index in [-0.39, 0.29) is 24.5 Å². The molecule has 0 bridgehead atoms. The van der Waals surface area contributed by atoms with Crippen molar-refractivity contribution in [1.82, 2.24) is 4.98 Å². The third-order valence-corrected chi connectivity index (χ3v) is 3.98. The number of anilines is 1. The van der Waals surface area contributed by atoms with Gasteiger partial charge in [-0.2, -0.15) is 0 Å². The Hall–Kier alpha value is -3.18. The Morgan fingerprint density at radius 2 is 1.67 bits per heavy atom. The number of benzene rings is 2. The fourth-order valence-electron chi connectivity index (χ4n) is 2.36. The third-order valence-electron chi connectivity index (χ3n) is 3.73. The van der Waals surface area contributed by atoms with E-state index >= 15 is 0 Å². The number of pyridine rings is 1. The lowest BCUT2D eigenvalue weighted by molar-refractivity contribution is -0.116. The first-order valence-electron chi connectivity index (χ1n) is 8.38. The van der Waals surface area contributed by atoms with E-state index in [4.69, 9.17) is 16.3 Å². The first kappa shape index (κ1) is 18.6. The molecule has 136 valence electrons. The minimum absolute atomic E-state index is 0.0596. The van der Waals surface area contributed by atoms with Gasteiger partial charge in [-0.15, -0.1) is 0 Å². The van der Waals surface area contributed by atoms with Crippen LogP contribution in [0.2, 0.25) is 5.02 Å². The predicted octanol–water partition coefficient (Wildman–Crippen LogP) is 5.13. The molecule has 0 aliphatic carbocycles. The maximum Gasteiger partial charge on any atom is 0.224 e. The zero-order valence-corrected chi connectivity index (χ0v) is 15.1. The topological polar surface area (TPSA) is 68.3 Å². The summed E-state index contributed by atoms with van der Waals surface area (Å²) in [4.78, 5) is 28.2. The summed E-state index contributed by atoms with van der Waals surface area (Å²) in [6.45, 7) is 0. The van der Waals surface area contributed by atoms with Crippen LogP contribution in [-0.4, -0.2) is 16.7 Å². The first-order valence-corrected chi connectivity index (χ1v) is 8.75. The Morgan fingerprint density at radius 3 is 2.33 bits per heavy atom. The Labute approximate surface area is 162 Å². The van der Waals surface area contributed by atoms with Gasteiger partial charge in [0.25, 0.3) is 0 Å². The molecule has 0 radical (unpaired) electrons. The van der Waals surface area contributed by atoms with Crippen LogP contribution in [0.5, 0.6) is 11.6 Å². The zero-order valence-electron chi connectivity index (χ0n) is 14.4. The highest BCUT2D eigenvalue weighted by Gasteiger charge is 2.09. The van der Waals surface area contributed by atoms with E-state index < -0.39 is 0 Å². The lowest BCUT2D eigenvalue weighted by atomic mass is 10.1. The molecule has 3 aromatic rings. The molecule has 0 saturated carbocycles. The molecule has 0 aliphatic rings. The number of Topliss-reactive ketones (excluding diaryl/α,β-unsaturated/α-hetero) is 1. The number of hydrogen-bond donors (Lipinski definition) is 1. The number of aromatic nitrogens is 1. The normalized spacial score (nSPS) is 10.3. The number of nitrogens with zero attached hydrogens (tertiary/aromatic N) is 1. The smallest absolute Gasteiger partial charge is 0.224 e. The molecule has 0 aliphatic heterocycles. The largest absolute Gasteiger partial charge is 0.439 e. The molecule has 1 heterocycles. The molecular formula is C21H17ClN2O3. The van der Waals surface area contributed by atoms with Crippen molar-refractivity contribution in [3.63, 3.8) is 0 Å². The molecule has 6 heteroatoms. The van der Waals surface area contributed by atoms with E-state index in [1.807, 2.05) is 6.07 Å². The lowest BCUT2D eigenvalue weighted by Crippen LogP contribution is -2.13. The second kappa shape index (κ2) is 8.96. The Morgan fingerprint density at radius 1 is 0.926 bits per heavy atom. The number of hydrogen-bond acceptors (Lipinski definition) is 4. The van der Waals surface area contributed by atoms with Gasteiger partial charge in [-0.05, 0) is 30.3 Å². The van der Waals surface area contributed by atoms with Gasteiger partial charge in [0, 0.05) is 29.5 Å². The highest BCUT2D eigenvalue weighted by Crippen LogP contribution is 2.22. The summed E-state index contributed by atoms with van der Waals surface area (Å²) in [5.74, 6) is 0.709. The Kier molecular flexibility index (Phi) is 6.18. The van der Waals surface area contributed by atoms with Gasteiger partial charge in [0.05, 0.1) is 11.9 Å². The molecule has 5 nitrogen and oxygen atoms in total. The Bertz CT molecular complexity index is 910. The van der Waals surface area contributed by atoms with Crippen molar-refractivity contribution in [1.29, 1.82) is 0 Å². The van der Waals surface area contributed by atoms with Crippen molar-refractivity contribution in [3.05, 3.63) is 83.5 Å². The first-order chi connectivity index (χ1) is 13.1. The van der Waals surface area contributed by atoms with E-state index in [1.165, 1.54) is 6.20 Å². The van der Waals surface area contributed by atoms with E-state index in [0.29, 0.717) is 27.9 Å². The zero-order chi connectivity index (χ0) is 19.1. The summed E-state index contributed by atoms with van der Waals surface area (Å²) >= 11 is 5.83. The number of rotatable bonds is 7. The van der Waals surface area contributed by atoms with Gasteiger partial charge < -0.3 is 10.1 Å². The van der Waals surface area contributed by atoms with Crippen LogP contribution in [0.1, 0.15) is 23.2 Å². The monoisotopic (exact) mass is 380 g/mol. The van der Waals surface area contributed by atoms with Gasteiger partial charge in [0.1, 0.15) is 5.75 Å². The Balaban J connectivity index is 1.49. The van der Waals surface area contributed by atoms with Crippen molar-refractivity contribution in [3.8, 4) is 11.6 Å². The summed E-state index contributed by atoms with van der Waals surface area (Å²) in [5, 5.41) is 3.34. The molecular weight excluding hydrogens is 364 g/mol. The third kappa shape index (κ3) is 5.66. The molecule has 0 saturated heterocycles. The fraction of sp³-hybridized carbons (Fsp3) is 0.0952. The maximum absolute atomic E-state index is 12.0. The van der Waals surface area contributed by atoms with Gasteiger partial charge in [-0.1, -0.05) is 41.9 Å². The van der Waals surface area contributed by atoms with Crippen molar-refractivity contribution < 1.29 is 14.3 Å². The van der Waals surface area contributed by atoms with Crippen LogP contribution in [0.3, 0.4) is 0 Å². The maximum atomic E-state index is 12.0. The van der Waals surface area contributed by atoms with Gasteiger partial charge in [-0.3, -0.25) is 9.59 Å². The van der Waals surface area contributed by atoms with Crippen molar-refractivity contribution in [2.45, 2.75) is 12.8 Å². The van der Waals surface area contributed by atoms with Crippen LogP contribution in [0, 0.1) is 0 Å². The molecule has 0 fully saturated rings. The van der Waals surface area contributed by atoms with Crippen molar-refractivity contribution >= 4 is 29.0 Å². The molecule has 3 rings (SSSR count). The lowest BCUT2D eigenvalue weighted by Gasteiger charge is -2.07. The van der Waals surface area contributed by atoms with Gasteiger partial charge in [0.15, 0.2) is 5.78 Å². The SMILES string of the molecule is O=C(CCC(=O)c1ccccc1)Nc1ccc(Oc2ccc(Cl)cc2)nc1. The second-order valence-electron chi connectivity index (χ2n) is 5.78. The number of amides is 1. The van der Waals surface area contributed by atoms with Crippen LogP contribution in [0.15, 0.2) is 72.9 Å². The minimum Gasteiger partial charge on any atom is -0.439 e. The van der Waals surface area contributed by atoms with E-state index in [2.05, 4.69) is 10.3 Å². The highest BCUT2D eigenvalue weighted by atomic mass is 35.5. The summed E-state index contributed by atoms with van der Waals surface area (Å²) in [6.07, 6.45) is 1.76. The molecule has 1 aromatic heterocycles. The molecule has 1 N–H and O–H groups in total. The van der Waals surface area contributed by atoms with Crippen LogP contribution in [-0.2, 0) is 4.79 Å². The van der Waals surface area contributed by atoms with Crippen LogP contribution < -0.4 is 10.1 Å². The van der Waals surface area contributed by atoms with Crippen molar-refractivity contribution in [2.75, 3.05) is 5.32 Å². The van der Waals surface area contributed by atoms with E-state index in [1.54, 1.807) is 60.7 Å². The average Bonchev–Trinajstić information content (AvgIpc) is 2.70. The van der Waals surface area contributed by atoms with E-state index in [9.17, 15) is 9.59 Å². The quantitative estimate of drug-likeness (QED) is 0.577. The molecule has 0 spiro atoms. The van der Waals surface area contributed by atoms with Gasteiger partial charge >= 0.3 is 0 Å². The second-order valence-corrected chi connectivity index (χ2v) is 6.21. The molecule has 0 atom stereocenters. The molecule has 1 amide bonds. The van der Waals surface area contributed by atoms with Gasteiger partial charge in [-0.25, -0.2) is 4.98 Å².